The number of hydrogen-bond acceptors (Lipinski definition) is 7. The highest BCUT2D eigenvalue weighted by Gasteiger charge is 2.18. The van der Waals surface area contributed by atoms with Crippen LogP contribution in [0.2, 0.25) is 0 Å². The van der Waals surface area contributed by atoms with Gasteiger partial charge in [0, 0.05) is 43.3 Å². The number of aryl methyl sites for hydroxylation is 4. The first-order chi connectivity index (χ1) is 13.7. The monoisotopic (exact) mass is 375 g/mol. The summed E-state index contributed by atoms with van der Waals surface area (Å²) in [4.78, 5) is 21.1. The Bertz CT molecular complexity index is 1040. The van der Waals surface area contributed by atoms with Crippen LogP contribution in [-0.4, -0.2) is 46.1 Å². The fourth-order valence-corrected chi connectivity index (χ4v) is 4.24. The minimum atomic E-state index is 0.555. The standard InChI is InChI=1S/C21H25N7/c1-13-12-18(28-10-8-22-9-11-28)25-20(23-13)27-21-24-14(2)16-7-6-15-4-3-5-17(15)19(16)26-21/h6-7,12,22H,3-5,8-11H2,1-2H3,(H,23,24,25,26,27). The normalized spacial score (nSPS) is 16.4. The van der Waals surface area contributed by atoms with Crippen LogP contribution >= 0.6 is 0 Å². The van der Waals surface area contributed by atoms with E-state index in [4.69, 9.17) is 9.97 Å². The quantitative estimate of drug-likeness (QED) is 0.729. The number of aromatic nitrogens is 4. The van der Waals surface area contributed by atoms with Gasteiger partial charge in [0.1, 0.15) is 5.82 Å². The van der Waals surface area contributed by atoms with Crippen molar-refractivity contribution in [1.29, 1.82) is 0 Å². The van der Waals surface area contributed by atoms with Crippen LogP contribution in [-0.2, 0) is 12.8 Å². The number of nitrogens with one attached hydrogen (secondary N) is 2. The second kappa shape index (κ2) is 6.98. The molecule has 0 spiro atoms. The second-order valence-electron chi connectivity index (χ2n) is 7.64. The first kappa shape index (κ1) is 17.3. The van der Waals surface area contributed by atoms with Gasteiger partial charge < -0.3 is 10.2 Å². The first-order valence-corrected chi connectivity index (χ1v) is 10.0. The summed E-state index contributed by atoms with van der Waals surface area (Å²) in [6, 6.07) is 6.43. The highest BCUT2D eigenvalue weighted by molar-refractivity contribution is 5.86. The van der Waals surface area contributed by atoms with Crippen LogP contribution < -0.4 is 15.5 Å². The van der Waals surface area contributed by atoms with Gasteiger partial charge in [-0.05, 0) is 44.2 Å². The summed E-state index contributed by atoms with van der Waals surface area (Å²) in [6.45, 7) is 7.90. The van der Waals surface area contributed by atoms with Gasteiger partial charge in [-0.3, -0.25) is 5.32 Å². The summed E-state index contributed by atoms with van der Waals surface area (Å²) in [5.74, 6) is 2.08. The Hall–Kier alpha value is -2.80. The molecule has 1 fully saturated rings. The van der Waals surface area contributed by atoms with Crippen molar-refractivity contribution in [1.82, 2.24) is 25.3 Å². The van der Waals surface area contributed by atoms with Gasteiger partial charge in [0.05, 0.1) is 11.2 Å². The Labute approximate surface area is 164 Å². The molecular weight excluding hydrogens is 350 g/mol. The molecule has 5 rings (SSSR count). The third-order valence-corrected chi connectivity index (χ3v) is 5.64. The maximum atomic E-state index is 4.85. The zero-order valence-electron chi connectivity index (χ0n) is 16.4. The molecule has 144 valence electrons. The highest BCUT2D eigenvalue weighted by Crippen LogP contribution is 2.30. The maximum Gasteiger partial charge on any atom is 0.231 e. The number of benzene rings is 1. The van der Waals surface area contributed by atoms with E-state index >= 15 is 0 Å². The summed E-state index contributed by atoms with van der Waals surface area (Å²) in [5, 5.41) is 7.78. The fourth-order valence-electron chi connectivity index (χ4n) is 4.24. The van der Waals surface area contributed by atoms with E-state index in [0.29, 0.717) is 11.9 Å². The van der Waals surface area contributed by atoms with Crippen molar-refractivity contribution >= 4 is 28.6 Å². The van der Waals surface area contributed by atoms with Crippen molar-refractivity contribution in [3.05, 3.63) is 40.7 Å². The molecule has 2 N–H and O–H groups in total. The molecule has 0 bridgehead atoms. The van der Waals surface area contributed by atoms with E-state index in [-0.39, 0.29) is 0 Å². The molecule has 7 heteroatoms. The lowest BCUT2D eigenvalue weighted by atomic mass is 10.0. The van der Waals surface area contributed by atoms with Crippen molar-refractivity contribution in [2.45, 2.75) is 33.1 Å². The van der Waals surface area contributed by atoms with E-state index in [1.165, 1.54) is 17.5 Å². The molecule has 2 aromatic heterocycles. The van der Waals surface area contributed by atoms with E-state index < -0.39 is 0 Å². The van der Waals surface area contributed by atoms with Crippen molar-refractivity contribution in [2.75, 3.05) is 36.4 Å². The van der Waals surface area contributed by atoms with Crippen LogP contribution in [0.1, 0.15) is 28.9 Å². The van der Waals surface area contributed by atoms with E-state index in [2.05, 4.69) is 37.6 Å². The Morgan fingerprint density at radius 1 is 0.964 bits per heavy atom. The lowest BCUT2D eigenvalue weighted by Crippen LogP contribution is -2.44. The van der Waals surface area contributed by atoms with E-state index in [0.717, 1.165) is 67.1 Å². The van der Waals surface area contributed by atoms with Gasteiger partial charge in [-0.2, -0.15) is 4.98 Å². The maximum absolute atomic E-state index is 4.85. The Morgan fingerprint density at radius 2 is 1.79 bits per heavy atom. The molecule has 0 amide bonds. The van der Waals surface area contributed by atoms with Crippen molar-refractivity contribution in [3.63, 3.8) is 0 Å². The minimum absolute atomic E-state index is 0.555. The highest BCUT2D eigenvalue weighted by atomic mass is 15.3. The number of hydrogen-bond donors (Lipinski definition) is 2. The van der Waals surface area contributed by atoms with Crippen molar-refractivity contribution < 1.29 is 0 Å². The second-order valence-corrected chi connectivity index (χ2v) is 7.64. The number of piperazine rings is 1. The summed E-state index contributed by atoms with van der Waals surface area (Å²) >= 11 is 0. The predicted octanol–water partition coefficient (Wildman–Crippen LogP) is 2.68. The molecule has 2 aliphatic rings. The third kappa shape index (κ3) is 3.16. The molecule has 3 aromatic rings. The van der Waals surface area contributed by atoms with Crippen molar-refractivity contribution in [3.8, 4) is 0 Å². The number of rotatable bonds is 3. The van der Waals surface area contributed by atoms with E-state index in [1.807, 2.05) is 19.9 Å². The van der Waals surface area contributed by atoms with Gasteiger partial charge >= 0.3 is 0 Å². The van der Waals surface area contributed by atoms with E-state index in [1.54, 1.807) is 0 Å². The average Bonchev–Trinajstić information content (AvgIpc) is 3.18. The molecule has 28 heavy (non-hydrogen) atoms. The molecule has 1 aliphatic heterocycles. The summed E-state index contributed by atoms with van der Waals surface area (Å²) in [5.41, 5.74) is 5.78. The molecule has 1 aromatic carbocycles. The summed E-state index contributed by atoms with van der Waals surface area (Å²) < 4.78 is 0. The van der Waals surface area contributed by atoms with Gasteiger partial charge in [-0.15, -0.1) is 0 Å². The molecule has 7 nitrogen and oxygen atoms in total. The van der Waals surface area contributed by atoms with Gasteiger partial charge in [0.25, 0.3) is 0 Å². The Kier molecular flexibility index (Phi) is 4.31. The third-order valence-electron chi connectivity index (χ3n) is 5.64. The van der Waals surface area contributed by atoms with Crippen LogP contribution in [0.3, 0.4) is 0 Å². The molecular formula is C21H25N7. The van der Waals surface area contributed by atoms with E-state index in [9.17, 15) is 0 Å². The Morgan fingerprint density at radius 3 is 2.64 bits per heavy atom. The molecule has 1 aliphatic carbocycles. The largest absolute Gasteiger partial charge is 0.354 e. The minimum Gasteiger partial charge on any atom is -0.354 e. The summed E-state index contributed by atoms with van der Waals surface area (Å²) in [6.07, 6.45) is 3.44. The molecule has 3 heterocycles. The fraction of sp³-hybridized carbons (Fsp3) is 0.429. The smallest absolute Gasteiger partial charge is 0.231 e. The Balaban J connectivity index is 1.51. The van der Waals surface area contributed by atoms with Crippen LogP contribution in [0.5, 0.6) is 0 Å². The molecule has 0 atom stereocenters. The number of nitrogens with zero attached hydrogens (tertiary/aromatic N) is 5. The predicted molar refractivity (Wildman–Crippen MR) is 111 cm³/mol. The topological polar surface area (TPSA) is 78.9 Å². The van der Waals surface area contributed by atoms with Crippen LogP contribution in [0.4, 0.5) is 17.7 Å². The number of anilines is 3. The van der Waals surface area contributed by atoms with Gasteiger partial charge in [-0.1, -0.05) is 12.1 Å². The SMILES string of the molecule is Cc1cc(N2CCNCC2)nc(Nc2nc(C)c3ccc4c(c3n2)CCC4)n1. The van der Waals surface area contributed by atoms with Crippen LogP contribution in [0.15, 0.2) is 18.2 Å². The zero-order chi connectivity index (χ0) is 19.1. The summed E-state index contributed by atoms with van der Waals surface area (Å²) in [7, 11) is 0. The lowest BCUT2D eigenvalue weighted by Gasteiger charge is -2.28. The molecule has 0 saturated carbocycles. The molecule has 0 unspecified atom stereocenters. The first-order valence-electron chi connectivity index (χ1n) is 10.0. The average molecular weight is 375 g/mol. The van der Waals surface area contributed by atoms with Gasteiger partial charge in [0.2, 0.25) is 11.9 Å². The van der Waals surface area contributed by atoms with Crippen molar-refractivity contribution in [2.24, 2.45) is 0 Å². The molecule has 1 saturated heterocycles. The molecule has 0 radical (unpaired) electrons. The number of fused-ring (bicyclic) bond motifs is 3. The lowest BCUT2D eigenvalue weighted by molar-refractivity contribution is 0.584. The van der Waals surface area contributed by atoms with Gasteiger partial charge in [-0.25, -0.2) is 15.0 Å². The zero-order valence-corrected chi connectivity index (χ0v) is 16.4. The van der Waals surface area contributed by atoms with Crippen LogP contribution in [0, 0.1) is 13.8 Å². The van der Waals surface area contributed by atoms with Gasteiger partial charge in [0.15, 0.2) is 0 Å². The van der Waals surface area contributed by atoms with Crippen LogP contribution in [0.25, 0.3) is 10.9 Å².